The van der Waals surface area contributed by atoms with Gasteiger partial charge in [-0.05, 0) is 23.8 Å². The van der Waals surface area contributed by atoms with Crippen LogP contribution in [0.15, 0.2) is 83.3 Å². The third-order valence-electron chi connectivity index (χ3n) is 3.12. The molecule has 0 atom stereocenters. The summed E-state index contributed by atoms with van der Waals surface area (Å²) < 4.78 is 5.52. The van der Waals surface area contributed by atoms with E-state index in [0.29, 0.717) is 5.76 Å². The second-order valence-corrected chi connectivity index (χ2v) is 4.64. The van der Waals surface area contributed by atoms with Crippen LogP contribution in [0.25, 0.3) is 17.0 Å². The SMILES string of the molecule is O=C(/C=C/C=C/c1ccccc1)c1cc2ccccc2o1. The summed E-state index contributed by atoms with van der Waals surface area (Å²) in [6.45, 7) is 0. The molecule has 0 aliphatic carbocycles. The van der Waals surface area contributed by atoms with Gasteiger partial charge in [-0.2, -0.15) is 0 Å². The van der Waals surface area contributed by atoms with Crippen LogP contribution in [0.1, 0.15) is 16.1 Å². The lowest BCUT2D eigenvalue weighted by molar-refractivity contribution is 0.102. The zero-order valence-corrected chi connectivity index (χ0v) is 11.4. The van der Waals surface area contributed by atoms with Crippen LogP contribution >= 0.6 is 0 Å². The predicted octanol–water partition coefficient (Wildman–Crippen LogP) is 4.89. The molecule has 0 fully saturated rings. The van der Waals surface area contributed by atoms with Crippen molar-refractivity contribution in [2.45, 2.75) is 0 Å². The number of benzene rings is 2. The van der Waals surface area contributed by atoms with Crippen LogP contribution in [0.5, 0.6) is 0 Å². The van der Waals surface area contributed by atoms with E-state index in [1.54, 1.807) is 12.1 Å². The first-order valence-corrected chi connectivity index (χ1v) is 6.76. The molecular formula is C19H14O2. The summed E-state index contributed by atoms with van der Waals surface area (Å²) in [4.78, 5) is 12.0. The fraction of sp³-hybridized carbons (Fsp3) is 0. The topological polar surface area (TPSA) is 30.2 Å². The van der Waals surface area contributed by atoms with E-state index in [9.17, 15) is 4.79 Å². The molecule has 3 rings (SSSR count). The lowest BCUT2D eigenvalue weighted by Gasteiger charge is -1.89. The van der Waals surface area contributed by atoms with Gasteiger partial charge in [0.2, 0.25) is 5.78 Å². The Kier molecular flexibility index (Phi) is 3.79. The number of hydrogen-bond donors (Lipinski definition) is 0. The Balaban J connectivity index is 1.71. The van der Waals surface area contributed by atoms with Gasteiger partial charge in [0, 0.05) is 5.39 Å². The number of allylic oxidation sites excluding steroid dienone is 3. The molecule has 2 nitrogen and oxygen atoms in total. The first kappa shape index (κ1) is 13.1. The molecule has 0 radical (unpaired) electrons. The van der Waals surface area contributed by atoms with E-state index in [0.717, 1.165) is 16.5 Å². The van der Waals surface area contributed by atoms with Crippen molar-refractivity contribution in [3.8, 4) is 0 Å². The van der Waals surface area contributed by atoms with Crippen molar-refractivity contribution < 1.29 is 9.21 Å². The van der Waals surface area contributed by atoms with Gasteiger partial charge >= 0.3 is 0 Å². The Morgan fingerprint density at radius 2 is 1.67 bits per heavy atom. The van der Waals surface area contributed by atoms with Gasteiger partial charge in [0.15, 0.2) is 5.76 Å². The van der Waals surface area contributed by atoms with E-state index in [2.05, 4.69) is 0 Å². The number of carbonyl (C=O) groups excluding carboxylic acids is 1. The highest BCUT2D eigenvalue weighted by molar-refractivity contribution is 6.05. The highest BCUT2D eigenvalue weighted by Crippen LogP contribution is 2.19. The molecule has 0 aliphatic heterocycles. The second kappa shape index (κ2) is 6.06. The summed E-state index contributed by atoms with van der Waals surface area (Å²) in [6.07, 6.45) is 7.03. The minimum atomic E-state index is -0.135. The third kappa shape index (κ3) is 3.18. The molecule has 0 saturated heterocycles. The first-order chi connectivity index (χ1) is 10.3. The van der Waals surface area contributed by atoms with Crippen molar-refractivity contribution in [1.82, 2.24) is 0 Å². The van der Waals surface area contributed by atoms with Crippen molar-refractivity contribution in [2.24, 2.45) is 0 Å². The van der Waals surface area contributed by atoms with Crippen molar-refractivity contribution >= 4 is 22.8 Å². The minimum absolute atomic E-state index is 0.135. The summed E-state index contributed by atoms with van der Waals surface area (Å²) in [5.74, 6) is 0.226. The molecule has 102 valence electrons. The van der Waals surface area contributed by atoms with Gasteiger partial charge in [0.25, 0.3) is 0 Å². The van der Waals surface area contributed by atoms with Gasteiger partial charge in [-0.3, -0.25) is 4.79 Å². The summed E-state index contributed by atoms with van der Waals surface area (Å²) in [5, 5.41) is 0.939. The molecule has 0 aliphatic rings. The quantitative estimate of drug-likeness (QED) is 0.385. The van der Waals surface area contributed by atoms with Crippen molar-refractivity contribution in [3.05, 3.63) is 90.2 Å². The van der Waals surface area contributed by atoms with Crippen LogP contribution in [0.2, 0.25) is 0 Å². The van der Waals surface area contributed by atoms with Crippen LogP contribution in [0.3, 0.4) is 0 Å². The van der Waals surface area contributed by atoms with Gasteiger partial charge in [0.05, 0.1) is 0 Å². The van der Waals surface area contributed by atoms with E-state index in [1.165, 1.54) is 6.08 Å². The standard InChI is InChI=1S/C19H14O2/c20-17(12-6-4-10-15-8-2-1-3-9-15)19-14-16-11-5-7-13-18(16)21-19/h1-14H/b10-4+,12-6+. The first-order valence-electron chi connectivity index (χ1n) is 6.76. The lowest BCUT2D eigenvalue weighted by Crippen LogP contribution is -1.89. The number of fused-ring (bicyclic) bond motifs is 1. The van der Waals surface area contributed by atoms with Crippen LogP contribution in [0.4, 0.5) is 0 Å². The van der Waals surface area contributed by atoms with Gasteiger partial charge in [-0.25, -0.2) is 0 Å². The molecule has 2 heteroatoms. The number of furan rings is 1. The molecule has 3 aromatic rings. The molecular weight excluding hydrogens is 260 g/mol. The van der Waals surface area contributed by atoms with E-state index in [-0.39, 0.29) is 5.78 Å². The molecule has 0 bridgehead atoms. The number of rotatable bonds is 4. The third-order valence-corrected chi connectivity index (χ3v) is 3.12. The van der Waals surface area contributed by atoms with Gasteiger partial charge < -0.3 is 4.42 Å². The molecule has 0 N–H and O–H groups in total. The van der Waals surface area contributed by atoms with Crippen molar-refractivity contribution in [2.75, 3.05) is 0 Å². The Morgan fingerprint density at radius 1 is 0.905 bits per heavy atom. The molecule has 0 saturated carbocycles. The highest BCUT2D eigenvalue weighted by atomic mass is 16.3. The minimum Gasteiger partial charge on any atom is -0.453 e. The van der Waals surface area contributed by atoms with Gasteiger partial charge in [-0.15, -0.1) is 0 Å². The Labute approximate surface area is 123 Å². The molecule has 1 aromatic heterocycles. The van der Waals surface area contributed by atoms with E-state index >= 15 is 0 Å². The number of carbonyl (C=O) groups is 1. The molecule has 0 unspecified atom stereocenters. The zero-order valence-electron chi connectivity index (χ0n) is 11.4. The fourth-order valence-corrected chi connectivity index (χ4v) is 2.06. The van der Waals surface area contributed by atoms with Crippen LogP contribution in [-0.4, -0.2) is 5.78 Å². The average Bonchev–Trinajstić information content (AvgIpc) is 2.96. The Hall–Kier alpha value is -2.87. The second-order valence-electron chi connectivity index (χ2n) is 4.64. The highest BCUT2D eigenvalue weighted by Gasteiger charge is 2.08. The van der Waals surface area contributed by atoms with Gasteiger partial charge in [-0.1, -0.05) is 66.8 Å². The van der Waals surface area contributed by atoms with E-state index < -0.39 is 0 Å². The predicted molar refractivity (Wildman–Crippen MR) is 85.2 cm³/mol. The van der Waals surface area contributed by atoms with Crippen molar-refractivity contribution in [3.63, 3.8) is 0 Å². The summed E-state index contributed by atoms with van der Waals surface area (Å²) in [7, 11) is 0. The maximum atomic E-state index is 12.0. The molecule has 0 spiro atoms. The maximum Gasteiger partial charge on any atom is 0.221 e. The van der Waals surface area contributed by atoms with Crippen molar-refractivity contribution in [1.29, 1.82) is 0 Å². The number of para-hydroxylation sites is 1. The molecule has 1 heterocycles. The fourth-order valence-electron chi connectivity index (χ4n) is 2.06. The average molecular weight is 274 g/mol. The number of hydrogen-bond acceptors (Lipinski definition) is 2. The summed E-state index contributed by atoms with van der Waals surface area (Å²) in [5.41, 5.74) is 1.83. The molecule has 2 aromatic carbocycles. The van der Waals surface area contributed by atoms with Gasteiger partial charge in [0.1, 0.15) is 5.58 Å². The summed E-state index contributed by atoms with van der Waals surface area (Å²) >= 11 is 0. The largest absolute Gasteiger partial charge is 0.453 e. The lowest BCUT2D eigenvalue weighted by atomic mass is 10.2. The van der Waals surface area contributed by atoms with E-state index in [4.69, 9.17) is 4.42 Å². The smallest absolute Gasteiger partial charge is 0.221 e. The summed E-state index contributed by atoms with van der Waals surface area (Å²) in [6, 6.07) is 19.3. The van der Waals surface area contributed by atoms with Crippen LogP contribution < -0.4 is 0 Å². The number of ketones is 1. The van der Waals surface area contributed by atoms with Crippen LogP contribution in [-0.2, 0) is 0 Å². The van der Waals surface area contributed by atoms with E-state index in [1.807, 2.05) is 66.7 Å². The maximum absolute atomic E-state index is 12.0. The molecule has 21 heavy (non-hydrogen) atoms. The Morgan fingerprint density at radius 3 is 2.48 bits per heavy atom. The molecule has 0 amide bonds. The normalized spacial score (nSPS) is 11.6. The van der Waals surface area contributed by atoms with Crippen LogP contribution in [0, 0.1) is 0 Å². The monoisotopic (exact) mass is 274 g/mol. The zero-order chi connectivity index (χ0) is 14.5. The Bertz CT molecular complexity index is 775.